The number of ether oxygens (including phenoxy) is 1. The van der Waals surface area contributed by atoms with Crippen LogP contribution in [0.2, 0.25) is 0 Å². The number of sulfonamides is 1. The van der Waals surface area contributed by atoms with Crippen LogP contribution >= 0.6 is 0 Å². The summed E-state index contributed by atoms with van der Waals surface area (Å²) in [5.41, 5.74) is 5.63. The van der Waals surface area contributed by atoms with E-state index >= 15 is 0 Å². The minimum absolute atomic E-state index is 0.0173. The summed E-state index contributed by atoms with van der Waals surface area (Å²) < 4.78 is 35.3. The van der Waals surface area contributed by atoms with Crippen molar-refractivity contribution in [3.05, 3.63) is 64.8 Å². The number of rotatable bonds is 9. The Hall–Kier alpha value is -2.78. The van der Waals surface area contributed by atoms with Crippen molar-refractivity contribution < 1.29 is 23.1 Å². The Morgan fingerprint density at radius 3 is 2.37 bits per heavy atom. The zero-order chi connectivity index (χ0) is 25.2. The molecule has 0 radical (unpaired) electrons. The van der Waals surface area contributed by atoms with Gasteiger partial charge in [0.05, 0.1) is 11.5 Å². The lowest BCUT2D eigenvalue weighted by Gasteiger charge is -2.35. The standard InChI is InChI=1S/C26H35N3O5S/c1-4-34-20(3)27-13-15-28(16-14-27)35(32,33)22-11-9-21(10-12-22)17-24-19(2)29(18-26(30)31)25-8-6-5-7-23(24)25/h9-12H,3-8,13-18H2,1-2H3,(H,30,31). The Kier molecular flexibility index (Phi) is 7.56. The molecule has 2 aromatic rings. The first-order valence-corrected chi connectivity index (χ1v) is 13.7. The Morgan fingerprint density at radius 2 is 1.74 bits per heavy atom. The van der Waals surface area contributed by atoms with Crippen LogP contribution in [-0.4, -0.2) is 66.1 Å². The fourth-order valence-corrected chi connectivity index (χ4v) is 6.67. The third-order valence-electron chi connectivity index (χ3n) is 7.11. The van der Waals surface area contributed by atoms with Crippen LogP contribution in [0.3, 0.4) is 0 Å². The molecule has 0 saturated carbocycles. The molecule has 1 aliphatic carbocycles. The monoisotopic (exact) mass is 501 g/mol. The van der Waals surface area contributed by atoms with Gasteiger partial charge in [0, 0.05) is 37.6 Å². The maximum absolute atomic E-state index is 13.2. The molecule has 0 amide bonds. The zero-order valence-corrected chi connectivity index (χ0v) is 21.4. The van der Waals surface area contributed by atoms with E-state index in [-0.39, 0.29) is 6.54 Å². The minimum Gasteiger partial charge on any atom is -0.480 e. The van der Waals surface area contributed by atoms with Crippen LogP contribution in [0.5, 0.6) is 0 Å². The first-order chi connectivity index (χ1) is 16.7. The van der Waals surface area contributed by atoms with Crippen LogP contribution < -0.4 is 0 Å². The van der Waals surface area contributed by atoms with Crippen LogP contribution in [0.1, 0.15) is 47.8 Å². The maximum Gasteiger partial charge on any atom is 0.323 e. The zero-order valence-electron chi connectivity index (χ0n) is 20.6. The highest BCUT2D eigenvalue weighted by Gasteiger charge is 2.29. The van der Waals surface area contributed by atoms with Gasteiger partial charge in [-0.2, -0.15) is 4.31 Å². The normalized spacial score (nSPS) is 16.7. The van der Waals surface area contributed by atoms with E-state index in [1.54, 1.807) is 12.1 Å². The van der Waals surface area contributed by atoms with Gasteiger partial charge in [0.25, 0.3) is 0 Å². The Morgan fingerprint density at radius 1 is 1.09 bits per heavy atom. The summed E-state index contributed by atoms with van der Waals surface area (Å²) in [7, 11) is -3.58. The van der Waals surface area contributed by atoms with Crippen LogP contribution in [-0.2, 0) is 45.4 Å². The van der Waals surface area contributed by atoms with Gasteiger partial charge in [0.2, 0.25) is 10.0 Å². The summed E-state index contributed by atoms with van der Waals surface area (Å²) in [6, 6.07) is 7.13. The van der Waals surface area contributed by atoms with Crippen molar-refractivity contribution in [2.75, 3.05) is 32.8 Å². The number of fused-ring (bicyclic) bond motifs is 1. The summed E-state index contributed by atoms with van der Waals surface area (Å²) in [5, 5.41) is 9.38. The van der Waals surface area contributed by atoms with Crippen LogP contribution in [0.25, 0.3) is 0 Å². The van der Waals surface area contributed by atoms with Gasteiger partial charge in [-0.1, -0.05) is 12.1 Å². The second kappa shape index (κ2) is 10.5. The van der Waals surface area contributed by atoms with Crippen molar-refractivity contribution in [1.29, 1.82) is 0 Å². The van der Waals surface area contributed by atoms with Crippen LogP contribution in [0.4, 0.5) is 0 Å². The molecule has 8 nitrogen and oxygen atoms in total. The van der Waals surface area contributed by atoms with E-state index in [0.717, 1.165) is 42.6 Å². The van der Waals surface area contributed by atoms with Crippen LogP contribution in [0, 0.1) is 6.92 Å². The molecular weight excluding hydrogens is 466 g/mol. The number of piperazine rings is 1. The number of carbonyl (C=O) groups is 1. The van der Waals surface area contributed by atoms with Crippen molar-refractivity contribution in [2.24, 2.45) is 0 Å². The number of benzene rings is 1. The molecule has 2 heterocycles. The Labute approximate surface area is 207 Å². The first kappa shape index (κ1) is 25.3. The Bertz CT molecular complexity index is 1190. The second-order valence-electron chi connectivity index (χ2n) is 9.21. The third kappa shape index (κ3) is 5.26. The van der Waals surface area contributed by atoms with E-state index in [0.29, 0.717) is 50.0 Å². The summed E-state index contributed by atoms with van der Waals surface area (Å²) in [5.74, 6) is -0.246. The molecule has 1 aliphatic heterocycles. The number of nitrogens with zero attached hydrogens (tertiary/aromatic N) is 3. The van der Waals surface area contributed by atoms with Crippen molar-refractivity contribution in [2.45, 2.75) is 57.4 Å². The van der Waals surface area contributed by atoms with E-state index in [4.69, 9.17) is 4.74 Å². The van der Waals surface area contributed by atoms with Crippen molar-refractivity contribution in [1.82, 2.24) is 13.8 Å². The van der Waals surface area contributed by atoms with E-state index in [1.807, 2.05) is 35.4 Å². The first-order valence-electron chi connectivity index (χ1n) is 12.3. The lowest BCUT2D eigenvalue weighted by atomic mass is 9.92. The van der Waals surface area contributed by atoms with Gasteiger partial charge in [-0.05, 0) is 81.4 Å². The number of carboxylic acids is 1. The molecule has 1 saturated heterocycles. The van der Waals surface area contributed by atoms with E-state index in [2.05, 4.69) is 6.58 Å². The second-order valence-corrected chi connectivity index (χ2v) is 11.2. The molecule has 4 rings (SSSR count). The lowest BCUT2D eigenvalue weighted by molar-refractivity contribution is -0.137. The number of aliphatic carboxylic acids is 1. The summed E-state index contributed by atoms with van der Waals surface area (Å²) in [6.07, 6.45) is 4.73. The third-order valence-corrected chi connectivity index (χ3v) is 9.02. The number of aromatic nitrogens is 1. The highest BCUT2D eigenvalue weighted by atomic mass is 32.2. The molecule has 1 aromatic heterocycles. The van der Waals surface area contributed by atoms with E-state index in [1.165, 1.54) is 15.4 Å². The molecule has 0 spiro atoms. The smallest absolute Gasteiger partial charge is 0.323 e. The molecule has 0 unspecified atom stereocenters. The fourth-order valence-electron chi connectivity index (χ4n) is 5.25. The minimum atomic E-state index is -3.58. The SMILES string of the molecule is C=C(OCC)N1CCN(S(=O)(=O)c2ccc(Cc3c4c(n(CC(=O)O)c3C)CCCC4)cc2)CC1. The highest BCUT2D eigenvalue weighted by molar-refractivity contribution is 7.89. The summed E-state index contributed by atoms with van der Waals surface area (Å²) >= 11 is 0. The highest BCUT2D eigenvalue weighted by Crippen LogP contribution is 2.32. The average molecular weight is 502 g/mol. The van der Waals surface area contributed by atoms with Crippen molar-refractivity contribution >= 4 is 16.0 Å². The van der Waals surface area contributed by atoms with Gasteiger partial charge in [-0.25, -0.2) is 8.42 Å². The molecule has 1 N–H and O–H groups in total. The summed E-state index contributed by atoms with van der Waals surface area (Å²) in [4.78, 5) is 13.7. The number of hydrogen-bond acceptors (Lipinski definition) is 5. The van der Waals surface area contributed by atoms with E-state index < -0.39 is 16.0 Å². The quantitative estimate of drug-likeness (QED) is 0.531. The molecule has 1 fully saturated rings. The van der Waals surface area contributed by atoms with Crippen molar-refractivity contribution in [3.63, 3.8) is 0 Å². The molecule has 0 atom stereocenters. The van der Waals surface area contributed by atoms with Crippen molar-refractivity contribution in [3.8, 4) is 0 Å². The maximum atomic E-state index is 13.2. The molecule has 9 heteroatoms. The molecule has 190 valence electrons. The lowest BCUT2D eigenvalue weighted by Crippen LogP contribution is -2.48. The van der Waals surface area contributed by atoms with Gasteiger partial charge in [-0.3, -0.25) is 4.79 Å². The largest absolute Gasteiger partial charge is 0.480 e. The number of carboxylic acid groups (broad SMARTS) is 1. The van der Waals surface area contributed by atoms with Gasteiger partial charge in [-0.15, -0.1) is 0 Å². The molecule has 0 bridgehead atoms. The van der Waals surface area contributed by atoms with Crippen LogP contribution in [0.15, 0.2) is 41.6 Å². The molecule has 35 heavy (non-hydrogen) atoms. The molecular formula is C26H35N3O5S. The predicted molar refractivity (Wildman–Crippen MR) is 134 cm³/mol. The fraction of sp³-hybridized carbons (Fsp3) is 0.500. The predicted octanol–water partition coefficient (Wildman–Crippen LogP) is 3.16. The van der Waals surface area contributed by atoms with Gasteiger partial charge < -0.3 is 19.3 Å². The number of hydrogen-bond donors (Lipinski definition) is 1. The van der Waals surface area contributed by atoms with Gasteiger partial charge >= 0.3 is 5.97 Å². The topological polar surface area (TPSA) is 92.1 Å². The van der Waals surface area contributed by atoms with Gasteiger partial charge in [0.1, 0.15) is 6.54 Å². The molecule has 2 aliphatic rings. The molecule has 1 aromatic carbocycles. The van der Waals surface area contributed by atoms with E-state index in [9.17, 15) is 18.3 Å². The summed E-state index contributed by atoms with van der Waals surface area (Å²) in [6.45, 7) is 10.2. The van der Waals surface area contributed by atoms with Gasteiger partial charge in [0.15, 0.2) is 5.88 Å². The Balaban J connectivity index is 1.49. The average Bonchev–Trinajstić information content (AvgIpc) is 3.10.